The third-order valence-electron chi connectivity index (χ3n) is 1.37. The molecule has 0 radical (unpaired) electrons. The van der Waals surface area contributed by atoms with Gasteiger partial charge in [-0.05, 0) is 0 Å². The van der Waals surface area contributed by atoms with Crippen molar-refractivity contribution >= 4 is 16.3 Å². The summed E-state index contributed by atoms with van der Waals surface area (Å²) in [5.74, 6) is 0. The molecule has 2 heterocycles. The third-order valence-corrected chi connectivity index (χ3v) is 2.43. The smallest absolute Gasteiger partial charge is 0.297 e. The number of nitrogens with zero attached hydrogens (tertiary/aromatic N) is 2. The zero-order chi connectivity index (χ0) is 8.77. The number of hydrogen-bond acceptors (Lipinski definition) is 2. The van der Waals surface area contributed by atoms with Crippen molar-refractivity contribution in [1.29, 1.82) is 0 Å². The number of alkyl halides is 3. The molecule has 2 aromatic rings. The van der Waals surface area contributed by atoms with E-state index in [0.717, 1.165) is 6.20 Å². The van der Waals surface area contributed by atoms with E-state index in [0.29, 0.717) is 16.3 Å². The first-order valence-corrected chi connectivity index (χ1v) is 3.89. The van der Waals surface area contributed by atoms with Crippen LogP contribution < -0.4 is 0 Å². The molecule has 12 heavy (non-hydrogen) atoms. The highest BCUT2D eigenvalue weighted by Gasteiger charge is 2.33. The van der Waals surface area contributed by atoms with Crippen LogP contribution in [0.1, 0.15) is 4.88 Å². The Morgan fingerprint density at radius 3 is 2.75 bits per heavy atom. The monoisotopic (exact) mass is 192 g/mol. The van der Waals surface area contributed by atoms with Crippen LogP contribution in [-0.2, 0) is 6.18 Å². The van der Waals surface area contributed by atoms with Crippen molar-refractivity contribution in [2.45, 2.75) is 6.18 Å². The molecule has 64 valence electrons. The van der Waals surface area contributed by atoms with Gasteiger partial charge in [-0.2, -0.15) is 13.2 Å². The van der Waals surface area contributed by atoms with Crippen LogP contribution in [0.2, 0.25) is 0 Å². The minimum atomic E-state index is -4.26. The predicted molar refractivity (Wildman–Crippen MR) is 38.1 cm³/mol. The van der Waals surface area contributed by atoms with E-state index < -0.39 is 11.1 Å². The number of rotatable bonds is 0. The van der Waals surface area contributed by atoms with Crippen LogP contribution in [0.3, 0.4) is 0 Å². The summed E-state index contributed by atoms with van der Waals surface area (Å²) in [5, 5.41) is 0. The van der Waals surface area contributed by atoms with Gasteiger partial charge in [0.05, 0.1) is 0 Å². The van der Waals surface area contributed by atoms with Crippen LogP contribution in [0.25, 0.3) is 4.96 Å². The van der Waals surface area contributed by atoms with Crippen molar-refractivity contribution in [3.8, 4) is 0 Å². The quantitative estimate of drug-likeness (QED) is 0.626. The molecular weight excluding hydrogens is 189 g/mol. The van der Waals surface area contributed by atoms with Gasteiger partial charge >= 0.3 is 6.18 Å². The highest BCUT2D eigenvalue weighted by molar-refractivity contribution is 7.17. The molecule has 0 spiro atoms. The summed E-state index contributed by atoms with van der Waals surface area (Å²) in [6.45, 7) is 0. The van der Waals surface area contributed by atoms with Gasteiger partial charge in [0, 0.05) is 18.6 Å². The second-order valence-electron chi connectivity index (χ2n) is 2.21. The summed E-state index contributed by atoms with van der Waals surface area (Å²) in [4.78, 5) is 3.48. The Kier molecular flexibility index (Phi) is 1.41. The van der Waals surface area contributed by atoms with E-state index in [1.165, 1.54) is 16.8 Å². The van der Waals surface area contributed by atoms with E-state index in [1.807, 2.05) is 0 Å². The molecule has 2 nitrogen and oxygen atoms in total. The maximum atomic E-state index is 12.1. The molecule has 0 bridgehead atoms. The first-order chi connectivity index (χ1) is 5.57. The lowest BCUT2D eigenvalue weighted by Crippen LogP contribution is -2.01. The van der Waals surface area contributed by atoms with Crippen molar-refractivity contribution in [2.24, 2.45) is 0 Å². The van der Waals surface area contributed by atoms with Crippen molar-refractivity contribution in [2.75, 3.05) is 0 Å². The first-order valence-electron chi connectivity index (χ1n) is 3.07. The first kappa shape index (κ1) is 7.60. The second-order valence-corrected chi connectivity index (χ2v) is 3.22. The van der Waals surface area contributed by atoms with Gasteiger partial charge in [0.2, 0.25) is 0 Å². The summed E-state index contributed by atoms with van der Waals surface area (Å²) in [6, 6.07) is 0. The number of hydrogen-bond donors (Lipinski definition) is 0. The molecule has 0 amide bonds. The minimum Gasteiger partial charge on any atom is -0.297 e. The maximum absolute atomic E-state index is 12.1. The van der Waals surface area contributed by atoms with Gasteiger partial charge in [0.15, 0.2) is 4.96 Å². The van der Waals surface area contributed by atoms with Crippen LogP contribution in [0.4, 0.5) is 13.2 Å². The molecule has 0 saturated carbocycles. The number of aromatic nitrogens is 2. The molecule has 0 fully saturated rings. The summed E-state index contributed by atoms with van der Waals surface area (Å²) < 4.78 is 37.6. The van der Waals surface area contributed by atoms with Crippen molar-refractivity contribution in [3.05, 3.63) is 23.5 Å². The molecule has 0 aromatic carbocycles. The Hall–Kier alpha value is -1.04. The fourth-order valence-electron chi connectivity index (χ4n) is 0.859. The molecule has 2 aromatic heterocycles. The van der Waals surface area contributed by atoms with E-state index in [2.05, 4.69) is 4.98 Å². The van der Waals surface area contributed by atoms with Crippen molar-refractivity contribution in [1.82, 2.24) is 9.38 Å². The Morgan fingerprint density at radius 1 is 1.42 bits per heavy atom. The molecular formula is C6H3F3N2S. The third kappa shape index (κ3) is 1.08. The minimum absolute atomic E-state index is 0.363. The van der Waals surface area contributed by atoms with Gasteiger partial charge in [0.25, 0.3) is 0 Å². The fourth-order valence-corrected chi connectivity index (χ4v) is 1.67. The van der Waals surface area contributed by atoms with E-state index >= 15 is 0 Å². The molecule has 0 aliphatic carbocycles. The van der Waals surface area contributed by atoms with Gasteiger partial charge in [0.1, 0.15) is 4.88 Å². The highest BCUT2D eigenvalue weighted by Crippen LogP contribution is 2.34. The summed E-state index contributed by atoms with van der Waals surface area (Å²) in [6.07, 6.45) is -0.272. The lowest BCUT2D eigenvalue weighted by molar-refractivity contribution is -0.134. The lowest BCUT2D eigenvalue weighted by Gasteiger charge is -1.99. The van der Waals surface area contributed by atoms with Gasteiger partial charge in [-0.1, -0.05) is 11.3 Å². The van der Waals surface area contributed by atoms with Crippen LogP contribution >= 0.6 is 11.3 Å². The average Bonchev–Trinajstić information content (AvgIpc) is 2.37. The van der Waals surface area contributed by atoms with Crippen LogP contribution in [0.5, 0.6) is 0 Å². The van der Waals surface area contributed by atoms with E-state index in [9.17, 15) is 13.2 Å². The zero-order valence-electron chi connectivity index (χ0n) is 5.67. The normalized spacial score (nSPS) is 12.6. The predicted octanol–water partition coefficient (Wildman–Crippen LogP) is 2.41. The number of halogens is 3. The molecule has 2 rings (SSSR count). The van der Waals surface area contributed by atoms with Crippen LogP contribution in [-0.4, -0.2) is 9.38 Å². The molecule has 0 atom stereocenters. The topological polar surface area (TPSA) is 17.3 Å². The second kappa shape index (κ2) is 2.22. The Morgan fingerprint density at radius 2 is 2.17 bits per heavy atom. The van der Waals surface area contributed by atoms with E-state index in [1.54, 1.807) is 0 Å². The summed E-state index contributed by atoms with van der Waals surface area (Å²) >= 11 is 0.638. The van der Waals surface area contributed by atoms with E-state index in [4.69, 9.17) is 0 Å². The Labute approximate surface area is 69.3 Å². The van der Waals surface area contributed by atoms with Crippen molar-refractivity contribution in [3.63, 3.8) is 0 Å². The average molecular weight is 192 g/mol. The SMILES string of the molecule is FC(F)(F)c1cn2ccnc2s1. The molecule has 0 unspecified atom stereocenters. The maximum Gasteiger partial charge on any atom is 0.427 e. The Bertz CT molecular complexity index is 371. The van der Waals surface area contributed by atoms with E-state index in [-0.39, 0.29) is 0 Å². The number of thiazole rings is 1. The molecule has 0 aliphatic rings. The number of fused-ring (bicyclic) bond motifs is 1. The van der Waals surface area contributed by atoms with Crippen LogP contribution in [0.15, 0.2) is 18.6 Å². The van der Waals surface area contributed by atoms with Crippen LogP contribution in [0, 0.1) is 0 Å². The molecule has 0 N–H and O–H groups in total. The zero-order valence-corrected chi connectivity index (χ0v) is 6.49. The molecule has 0 aliphatic heterocycles. The van der Waals surface area contributed by atoms with Gasteiger partial charge in [-0.25, -0.2) is 4.98 Å². The fraction of sp³-hybridized carbons (Fsp3) is 0.167. The van der Waals surface area contributed by atoms with Gasteiger partial charge in [-0.15, -0.1) is 0 Å². The standard InChI is InChI=1S/C6H3F3N2S/c7-6(8,9)4-3-11-2-1-10-5(11)12-4/h1-3H. The van der Waals surface area contributed by atoms with Gasteiger partial charge < -0.3 is 0 Å². The number of imidazole rings is 1. The van der Waals surface area contributed by atoms with Gasteiger partial charge in [-0.3, -0.25) is 4.40 Å². The van der Waals surface area contributed by atoms with Crippen molar-refractivity contribution < 1.29 is 13.2 Å². The Balaban J connectivity index is 2.59. The highest BCUT2D eigenvalue weighted by atomic mass is 32.1. The lowest BCUT2D eigenvalue weighted by atomic mass is 10.5. The molecule has 0 saturated heterocycles. The largest absolute Gasteiger partial charge is 0.427 e. The summed E-state index contributed by atoms with van der Waals surface area (Å²) in [7, 11) is 0. The summed E-state index contributed by atoms with van der Waals surface area (Å²) in [5.41, 5.74) is 0. The molecule has 6 heteroatoms.